The molecule has 0 fully saturated rings. The first kappa shape index (κ1) is 17.0. The molecule has 2 heterocycles. The van der Waals surface area contributed by atoms with Crippen LogP contribution in [0.25, 0.3) is 11.2 Å². The van der Waals surface area contributed by atoms with Gasteiger partial charge in [-0.25, -0.2) is 9.78 Å². The summed E-state index contributed by atoms with van der Waals surface area (Å²) in [4.78, 5) is 40.4. The molecule has 9 heteroatoms. The molecule has 0 bridgehead atoms. The molecule has 130 valence electrons. The Morgan fingerprint density at radius 3 is 2.48 bits per heavy atom. The number of aromatic nitrogens is 4. The standard InChI is InChI=1S/C16H17N5O3S/c1-19-11-13(20(2)16(24)21(3)14(11)23)18-15(19)25-8-9-6-4-5-7-10(9)12(17)22/h4-7H,8H2,1-3H3,(H2,17,22). The highest BCUT2D eigenvalue weighted by Crippen LogP contribution is 2.25. The van der Waals surface area contributed by atoms with Gasteiger partial charge in [-0.2, -0.15) is 0 Å². The molecule has 0 saturated heterocycles. The number of carbonyl (C=O) groups is 1. The van der Waals surface area contributed by atoms with E-state index < -0.39 is 17.2 Å². The van der Waals surface area contributed by atoms with Crippen molar-refractivity contribution in [3.8, 4) is 0 Å². The third kappa shape index (κ3) is 2.76. The van der Waals surface area contributed by atoms with Crippen LogP contribution in [0.4, 0.5) is 0 Å². The molecular weight excluding hydrogens is 342 g/mol. The number of primary amides is 1. The van der Waals surface area contributed by atoms with Crippen molar-refractivity contribution in [2.24, 2.45) is 26.9 Å². The van der Waals surface area contributed by atoms with E-state index in [0.717, 1.165) is 10.1 Å². The Kier molecular flexibility index (Phi) is 4.25. The van der Waals surface area contributed by atoms with Crippen LogP contribution in [0.15, 0.2) is 39.0 Å². The lowest BCUT2D eigenvalue weighted by Crippen LogP contribution is -2.37. The third-order valence-corrected chi connectivity index (χ3v) is 5.15. The van der Waals surface area contributed by atoms with Gasteiger partial charge >= 0.3 is 5.69 Å². The maximum absolute atomic E-state index is 12.4. The second-order valence-corrected chi connectivity index (χ2v) is 6.58. The summed E-state index contributed by atoms with van der Waals surface area (Å²) >= 11 is 1.37. The molecule has 2 aromatic heterocycles. The summed E-state index contributed by atoms with van der Waals surface area (Å²) in [5.41, 5.74) is 6.51. The van der Waals surface area contributed by atoms with Crippen molar-refractivity contribution in [1.29, 1.82) is 0 Å². The van der Waals surface area contributed by atoms with Gasteiger partial charge in [0.25, 0.3) is 5.56 Å². The molecule has 0 aliphatic carbocycles. The van der Waals surface area contributed by atoms with Crippen LogP contribution in [0, 0.1) is 0 Å². The number of aryl methyl sites for hydroxylation is 2. The Morgan fingerprint density at radius 1 is 1.12 bits per heavy atom. The Morgan fingerprint density at radius 2 is 1.80 bits per heavy atom. The van der Waals surface area contributed by atoms with Crippen LogP contribution in [-0.4, -0.2) is 24.6 Å². The first-order valence-electron chi connectivity index (χ1n) is 7.46. The van der Waals surface area contributed by atoms with Crippen molar-refractivity contribution in [3.63, 3.8) is 0 Å². The van der Waals surface area contributed by atoms with Gasteiger partial charge < -0.3 is 10.3 Å². The number of nitrogens with two attached hydrogens (primary N) is 1. The van der Waals surface area contributed by atoms with Crippen molar-refractivity contribution >= 4 is 28.8 Å². The van der Waals surface area contributed by atoms with Crippen molar-refractivity contribution in [2.45, 2.75) is 10.9 Å². The van der Waals surface area contributed by atoms with Crippen molar-refractivity contribution < 1.29 is 4.79 Å². The summed E-state index contributed by atoms with van der Waals surface area (Å²) in [7, 11) is 4.74. The first-order chi connectivity index (χ1) is 11.8. The van der Waals surface area contributed by atoms with Crippen LogP contribution < -0.4 is 17.0 Å². The maximum Gasteiger partial charge on any atom is 0.332 e. The quantitative estimate of drug-likeness (QED) is 0.677. The van der Waals surface area contributed by atoms with E-state index in [1.165, 1.54) is 23.4 Å². The lowest BCUT2D eigenvalue weighted by Gasteiger charge is -2.06. The molecule has 25 heavy (non-hydrogen) atoms. The summed E-state index contributed by atoms with van der Waals surface area (Å²) in [6.07, 6.45) is 0. The molecule has 8 nitrogen and oxygen atoms in total. The normalized spacial score (nSPS) is 11.2. The van der Waals surface area contributed by atoms with Gasteiger partial charge in [0.15, 0.2) is 16.3 Å². The van der Waals surface area contributed by atoms with E-state index in [4.69, 9.17) is 5.73 Å². The summed E-state index contributed by atoms with van der Waals surface area (Å²) in [5, 5.41) is 0.576. The van der Waals surface area contributed by atoms with Gasteiger partial charge in [-0.15, -0.1) is 0 Å². The highest BCUT2D eigenvalue weighted by molar-refractivity contribution is 7.98. The maximum atomic E-state index is 12.4. The summed E-state index contributed by atoms with van der Waals surface area (Å²) < 4.78 is 4.06. The number of rotatable bonds is 4. The highest BCUT2D eigenvalue weighted by atomic mass is 32.2. The average molecular weight is 359 g/mol. The monoisotopic (exact) mass is 359 g/mol. The number of hydrogen-bond acceptors (Lipinski definition) is 5. The lowest BCUT2D eigenvalue weighted by molar-refractivity contribution is 0.0999. The van der Waals surface area contributed by atoms with Gasteiger partial charge in [0, 0.05) is 32.5 Å². The number of thioether (sulfide) groups is 1. The summed E-state index contributed by atoms with van der Waals surface area (Å²) in [5.74, 6) is -0.0256. The van der Waals surface area contributed by atoms with E-state index in [-0.39, 0.29) is 0 Å². The van der Waals surface area contributed by atoms with Gasteiger partial charge in [0.2, 0.25) is 5.91 Å². The van der Waals surface area contributed by atoms with E-state index >= 15 is 0 Å². The van der Waals surface area contributed by atoms with E-state index in [2.05, 4.69) is 4.98 Å². The summed E-state index contributed by atoms with van der Waals surface area (Å²) in [6.45, 7) is 0. The fourth-order valence-electron chi connectivity index (χ4n) is 2.66. The predicted octanol–water partition coefficient (Wildman–Crippen LogP) is 0.362. The number of fused-ring (bicyclic) bond motifs is 1. The summed E-state index contributed by atoms with van der Waals surface area (Å²) in [6, 6.07) is 7.08. The average Bonchev–Trinajstić information content (AvgIpc) is 2.93. The van der Waals surface area contributed by atoms with E-state index in [1.807, 2.05) is 12.1 Å². The van der Waals surface area contributed by atoms with Crippen molar-refractivity contribution in [2.75, 3.05) is 0 Å². The molecule has 1 amide bonds. The fraction of sp³-hybridized carbons (Fsp3) is 0.250. The molecular formula is C16H17N5O3S. The molecule has 3 aromatic rings. The van der Waals surface area contributed by atoms with Crippen LogP contribution in [0.3, 0.4) is 0 Å². The van der Waals surface area contributed by atoms with E-state index in [1.54, 1.807) is 30.8 Å². The number of benzene rings is 1. The molecule has 0 aliphatic rings. The van der Waals surface area contributed by atoms with Crippen molar-refractivity contribution in [1.82, 2.24) is 18.7 Å². The minimum atomic E-state index is -0.488. The third-order valence-electron chi connectivity index (χ3n) is 4.07. The number of hydrogen-bond donors (Lipinski definition) is 1. The Hall–Kier alpha value is -2.81. The van der Waals surface area contributed by atoms with Gasteiger partial charge in [0.05, 0.1) is 0 Å². The molecule has 0 atom stereocenters. The number of imidazole rings is 1. The zero-order valence-corrected chi connectivity index (χ0v) is 14.8. The van der Waals surface area contributed by atoms with Gasteiger partial charge in [0.1, 0.15) is 0 Å². The topological polar surface area (TPSA) is 105 Å². The molecule has 0 unspecified atom stereocenters. The smallest absolute Gasteiger partial charge is 0.332 e. The van der Waals surface area contributed by atoms with E-state index in [9.17, 15) is 14.4 Å². The number of amides is 1. The second kappa shape index (κ2) is 6.25. The van der Waals surface area contributed by atoms with Gasteiger partial charge in [-0.05, 0) is 11.6 Å². The Labute approximate surface area is 146 Å². The number of carbonyl (C=O) groups excluding carboxylic acids is 1. The van der Waals surface area contributed by atoms with Crippen molar-refractivity contribution in [3.05, 3.63) is 56.2 Å². The van der Waals surface area contributed by atoms with E-state index in [0.29, 0.717) is 27.6 Å². The van der Waals surface area contributed by atoms with Crippen LogP contribution in [0.2, 0.25) is 0 Å². The van der Waals surface area contributed by atoms with Gasteiger partial charge in [-0.1, -0.05) is 30.0 Å². The highest BCUT2D eigenvalue weighted by Gasteiger charge is 2.17. The molecule has 0 saturated carbocycles. The first-order valence-corrected chi connectivity index (χ1v) is 8.44. The Bertz CT molecular complexity index is 1110. The van der Waals surface area contributed by atoms with Crippen LogP contribution in [0.1, 0.15) is 15.9 Å². The molecule has 3 rings (SSSR count). The Balaban J connectivity index is 2.05. The molecule has 0 spiro atoms. The van der Waals surface area contributed by atoms with Crippen LogP contribution >= 0.6 is 11.8 Å². The molecule has 0 radical (unpaired) electrons. The predicted molar refractivity (Wildman–Crippen MR) is 95.7 cm³/mol. The molecule has 1 aromatic carbocycles. The molecule has 0 aliphatic heterocycles. The number of nitrogens with zero attached hydrogens (tertiary/aromatic N) is 4. The van der Waals surface area contributed by atoms with Crippen LogP contribution in [0.5, 0.6) is 0 Å². The van der Waals surface area contributed by atoms with Gasteiger partial charge in [-0.3, -0.25) is 18.7 Å². The molecule has 2 N–H and O–H groups in total. The van der Waals surface area contributed by atoms with Crippen LogP contribution in [-0.2, 0) is 26.9 Å². The largest absolute Gasteiger partial charge is 0.366 e. The second-order valence-electron chi connectivity index (χ2n) is 5.64. The minimum Gasteiger partial charge on any atom is -0.366 e. The zero-order valence-electron chi connectivity index (χ0n) is 14.0. The lowest BCUT2D eigenvalue weighted by atomic mass is 10.1. The zero-order chi connectivity index (χ0) is 18.3. The fourth-order valence-corrected chi connectivity index (χ4v) is 3.63. The SMILES string of the molecule is Cn1c(=O)c2c(nc(SCc3ccccc3C(N)=O)n2C)n(C)c1=O. The minimum absolute atomic E-state index is 0.335.